The summed E-state index contributed by atoms with van der Waals surface area (Å²) >= 11 is 0. The summed E-state index contributed by atoms with van der Waals surface area (Å²) in [6.07, 6.45) is 3.08. The lowest BCUT2D eigenvalue weighted by molar-refractivity contribution is -0.129. The van der Waals surface area contributed by atoms with Crippen molar-refractivity contribution in [2.24, 2.45) is 5.92 Å². The van der Waals surface area contributed by atoms with E-state index < -0.39 is 0 Å². The molecule has 1 aliphatic rings. The fourth-order valence-corrected chi connectivity index (χ4v) is 2.63. The van der Waals surface area contributed by atoms with Crippen LogP contribution >= 0.6 is 0 Å². The van der Waals surface area contributed by atoms with E-state index in [1.807, 2.05) is 23.1 Å². The van der Waals surface area contributed by atoms with Crippen LogP contribution in [0.5, 0.6) is 0 Å². The van der Waals surface area contributed by atoms with Crippen LogP contribution in [0, 0.1) is 5.92 Å². The van der Waals surface area contributed by atoms with E-state index in [0.29, 0.717) is 12.6 Å². The second-order valence-corrected chi connectivity index (χ2v) is 5.35. The molecular formula is C16H24N2O. The fraction of sp³-hybridized carbons (Fsp3) is 0.562. The Hall–Kier alpha value is -1.35. The molecule has 19 heavy (non-hydrogen) atoms. The predicted molar refractivity (Wildman–Crippen MR) is 77.7 cm³/mol. The topological polar surface area (TPSA) is 32.3 Å². The van der Waals surface area contributed by atoms with Gasteiger partial charge in [-0.1, -0.05) is 57.0 Å². The molecule has 1 amide bonds. The smallest absolute Gasteiger partial charge is 0.241 e. The standard InChI is InChI=1S/C16H24N2O/c1-3-13(4-2)11-18-12-17-15(16(18)19)10-14-8-6-5-7-9-14/h5-9,13,15,17H,3-4,10-12H2,1-2H3. The number of nitrogens with zero attached hydrogens (tertiary/aromatic N) is 1. The van der Waals surface area contributed by atoms with Gasteiger partial charge in [0, 0.05) is 6.54 Å². The van der Waals surface area contributed by atoms with Crippen LogP contribution in [0.3, 0.4) is 0 Å². The summed E-state index contributed by atoms with van der Waals surface area (Å²) in [6.45, 7) is 5.99. The molecule has 1 N–H and O–H groups in total. The molecule has 1 unspecified atom stereocenters. The Kier molecular flexibility index (Phi) is 4.97. The predicted octanol–water partition coefficient (Wildman–Crippen LogP) is 2.42. The maximum absolute atomic E-state index is 12.3. The molecule has 0 bridgehead atoms. The first-order chi connectivity index (χ1) is 9.24. The Labute approximate surface area is 116 Å². The number of rotatable bonds is 6. The highest BCUT2D eigenvalue weighted by atomic mass is 16.2. The minimum Gasteiger partial charge on any atom is -0.328 e. The normalized spacial score (nSPS) is 19.4. The molecule has 3 heteroatoms. The average molecular weight is 260 g/mol. The molecule has 2 rings (SSSR count). The highest BCUT2D eigenvalue weighted by Crippen LogP contribution is 2.15. The number of carbonyl (C=O) groups excluding carboxylic acids is 1. The minimum absolute atomic E-state index is 0.0447. The summed E-state index contributed by atoms with van der Waals surface area (Å²) in [5.41, 5.74) is 1.22. The van der Waals surface area contributed by atoms with Crippen LogP contribution in [0.25, 0.3) is 0 Å². The average Bonchev–Trinajstić information content (AvgIpc) is 2.78. The molecule has 1 atom stereocenters. The third-order valence-corrected chi connectivity index (χ3v) is 4.05. The third-order valence-electron chi connectivity index (χ3n) is 4.05. The summed E-state index contributed by atoms with van der Waals surface area (Å²) in [6, 6.07) is 10.2. The lowest BCUT2D eigenvalue weighted by Gasteiger charge is -2.21. The van der Waals surface area contributed by atoms with E-state index >= 15 is 0 Å². The summed E-state index contributed by atoms with van der Waals surface area (Å²) in [5.74, 6) is 0.886. The molecule has 1 fully saturated rings. The van der Waals surface area contributed by atoms with E-state index in [2.05, 4.69) is 31.3 Å². The molecule has 1 aromatic carbocycles. The zero-order chi connectivity index (χ0) is 13.7. The van der Waals surface area contributed by atoms with E-state index in [-0.39, 0.29) is 11.9 Å². The van der Waals surface area contributed by atoms with Crippen molar-refractivity contribution in [3.63, 3.8) is 0 Å². The molecule has 0 aliphatic carbocycles. The Morgan fingerprint density at radius 3 is 2.58 bits per heavy atom. The minimum atomic E-state index is -0.0447. The second kappa shape index (κ2) is 6.71. The van der Waals surface area contributed by atoms with Crippen molar-refractivity contribution in [1.29, 1.82) is 0 Å². The number of nitrogens with one attached hydrogen (secondary N) is 1. The molecule has 0 saturated carbocycles. The van der Waals surface area contributed by atoms with E-state index in [4.69, 9.17) is 0 Å². The van der Waals surface area contributed by atoms with Gasteiger partial charge in [-0.05, 0) is 17.9 Å². The number of hydrogen-bond donors (Lipinski definition) is 1. The zero-order valence-corrected chi connectivity index (χ0v) is 11.9. The highest BCUT2D eigenvalue weighted by molar-refractivity contribution is 5.84. The summed E-state index contributed by atoms with van der Waals surface area (Å²) in [5, 5.41) is 3.33. The van der Waals surface area contributed by atoms with Gasteiger partial charge in [0.25, 0.3) is 0 Å². The van der Waals surface area contributed by atoms with Gasteiger partial charge in [0.1, 0.15) is 0 Å². The molecule has 1 aromatic rings. The van der Waals surface area contributed by atoms with Gasteiger partial charge in [0.05, 0.1) is 12.7 Å². The van der Waals surface area contributed by atoms with Gasteiger partial charge in [-0.2, -0.15) is 0 Å². The second-order valence-electron chi connectivity index (χ2n) is 5.35. The fourth-order valence-electron chi connectivity index (χ4n) is 2.63. The maximum atomic E-state index is 12.3. The summed E-state index contributed by atoms with van der Waals surface area (Å²) in [4.78, 5) is 14.3. The molecule has 1 aliphatic heterocycles. The highest BCUT2D eigenvalue weighted by Gasteiger charge is 2.31. The van der Waals surface area contributed by atoms with Crippen LogP contribution in [0.2, 0.25) is 0 Å². The van der Waals surface area contributed by atoms with Crippen LogP contribution in [-0.4, -0.2) is 30.1 Å². The van der Waals surface area contributed by atoms with Crippen molar-refractivity contribution < 1.29 is 4.79 Å². The van der Waals surface area contributed by atoms with Crippen LogP contribution in [0.15, 0.2) is 30.3 Å². The lowest BCUT2D eigenvalue weighted by atomic mass is 10.0. The Bertz CT molecular complexity index is 400. The van der Waals surface area contributed by atoms with Gasteiger partial charge in [0.15, 0.2) is 0 Å². The zero-order valence-electron chi connectivity index (χ0n) is 11.9. The van der Waals surface area contributed by atoms with E-state index in [0.717, 1.165) is 25.8 Å². The SMILES string of the molecule is CCC(CC)CN1CNC(Cc2ccccc2)C1=O. The van der Waals surface area contributed by atoms with Crippen LogP contribution in [0.1, 0.15) is 32.3 Å². The molecule has 1 saturated heterocycles. The Morgan fingerprint density at radius 2 is 1.95 bits per heavy atom. The maximum Gasteiger partial charge on any atom is 0.241 e. The number of carbonyl (C=O) groups is 1. The first-order valence-electron chi connectivity index (χ1n) is 7.30. The molecule has 104 valence electrons. The molecule has 3 nitrogen and oxygen atoms in total. The monoisotopic (exact) mass is 260 g/mol. The van der Waals surface area contributed by atoms with Gasteiger partial charge in [-0.25, -0.2) is 0 Å². The largest absolute Gasteiger partial charge is 0.328 e. The Balaban J connectivity index is 1.91. The first kappa shape index (κ1) is 14.1. The third kappa shape index (κ3) is 3.57. The first-order valence-corrected chi connectivity index (χ1v) is 7.30. The Morgan fingerprint density at radius 1 is 1.26 bits per heavy atom. The molecule has 1 heterocycles. The van der Waals surface area contributed by atoms with Gasteiger partial charge in [0.2, 0.25) is 5.91 Å². The van der Waals surface area contributed by atoms with E-state index in [9.17, 15) is 4.79 Å². The number of benzene rings is 1. The molecular weight excluding hydrogens is 236 g/mol. The van der Waals surface area contributed by atoms with Crippen LogP contribution in [-0.2, 0) is 11.2 Å². The van der Waals surface area contributed by atoms with E-state index in [1.165, 1.54) is 5.56 Å². The van der Waals surface area contributed by atoms with Crippen molar-refractivity contribution >= 4 is 5.91 Å². The number of hydrogen-bond acceptors (Lipinski definition) is 2. The van der Waals surface area contributed by atoms with Crippen LogP contribution < -0.4 is 5.32 Å². The summed E-state index contributed by atoms with van der Waals surface area (Å²) < 4.78 is 0. The lowest BCUT2D eigenvalue weighted by Crippen LogP contribution is -2.34. The van der Waals surface area contributed by atoms with Gasteiger partial charge < -0.3 is 4.90 Å². The van der Waals surface area contributed by atoms with Crippen molar-refractivity contribution in [3.05, 3.63) is 35.9 Å². The molecule has 0 radical (unpaired) electrons. The van der Waals surface area contributed by atoms with Crippen molar-refractivity contribution in [2.75, 3.05) is 13.2 Å². The van der Waals surface area contributed by atoms with Crippen molar-refractivity contribution in [3.8, 4) is 0 Å². The quantitative estimate of drug-likeness (QED) is 0.852. The molecule has 0 aromatic heterocycles. The number of amides is 1. The van der Waals surface area contributed by atoms with E-state index in [1.54, 1.807) is 0 Å². The molecule has 0 spiro atoms. The van der Waals surface area contributed by atoms with Gasteiger partial charge >= 0.3 is 0 Å². The van der Waals surface area contributed by atoms with Crippen molar-refractivity contribution in [2.45, 2.75) is 39.2 Å². The van der Waals surface area contributed by atoms with Gasteiger partial charge in [-0.3, -0.25) is 10.1 Å². The van der Waals surface area contributed by atoms with Gasteiger partial charge in [-0.15, -0.1) is 0 Å². The van der Waals surface area contributed by atoms with Crippen LogP contribution in [0.4, 0.5) is 0 Å². The summed E-state index contributed by atoms with van der Waals surface area (Å²) in [7, 11) is 0. The van der Waals surface area contributed by atoms with Crippen molar-refractivity contribution in [1.82, 2.24) is 10.2 Å².